The lowest BCUT2D eigenvalue weighted by atomic mass is 10.1. The monoisotopic (exact) mass is 292 g/mol. The highest BCUT2D eigenvalue weighted by Crippen LogP contribution is 2.38. The van der Waals surface area contributed by atoms with Crippen LogP contribution in [0.3, 0.4) is 0 Å². The molecule has 3 rings (SSSR count). The summed E-state index contributed by atoms with van der Waals surface area (Å²) in [6.07, 6.45) is 3.34. The Labute approximate surface area is 123 Å². The molecular weight excluding hydrogens is 272 g/mol. The van der Waals surface area contributed by atoms with Gasteiger partial charge in [0.2, 0.25) is 6.79 Å². The van der Waals surface area contributed by atoms with Crippen molar-refractivity contribution in [2.45, 2.75) is 25.8 Å². The average Bonchev–Trinajstić information content (AvgIpc) is 2.99. The average molecular weight is 292 g/mol. The number of carbonyl (C=O) groups is 1. The molecule has 0 saturated carbocycles. The molecule has 0 aromatic heterocycles. The highest BCUT2D eigenvalue weighted by Gasteiger charge is 2.20. The fraction of sp³-hybridized carbons (Fsp3) is 0.533. The molecule has 21 heavy (non-hydrogen) atoms. The summed E-state index contributed by atoms with van der Waals surface area (Å²) >= 11 is 0. The Bertz CT molecular complexity index is 527. The second-order valence-corrected chi connectivity index (χ2v) is 5.25. The van der Waals surface area contributed by atoms with Crippen LogP contribution < -0.4 is 19.9 Å². The first kappa shape index (κ1) is 14.0. The van der Waals surface area contributed by atoms with Gasteiger partial charge in [-0.1, -0.05) is 0 Å². The zero-order chi connectivity index (χ0) is 14.7. The number of piperidine rings is 1. The summed E-state index contributed by atoms with van der Waals surface area (Å²) in [6, 6.07) is 3.55. The number of nitrogens with zero attached hydrogens (tertiary/aromatic N) is 1. The van der Waals surface area contributed by atoms with Crippen molar-refractivity contribution in [1.29, 1.82) is 0 Å². The molecule has 0 aliphatic carbocycles. The van der Waals surface area contributed by atoms with Gasteiger partial charge in [0.25, 0.3) is 5.91 Å². The molecule has 6 heteroatoms. The third-order valence-electron chi connectivity index (χ3n) is 3.84. The van der Waals surface area contributed by atoms with Crippen LogP contribution in [0.2, 0.25) is 0 Å². The minimum atomic E-state index is 0.0235. The lowest BCUT2D eigenvalue weighted by Crippen LogP contribution is -2.38. The Morgan fingerprint density at radius 1 is 1.19 bits per heavy atom. The number of rotatable bonds is 4. The summed E-state index contributed by atoms with van der Waals surface area (Å²) in [5, 5.41) is 0. The summed E-state index contributed by atoms with van der Waals surface area (Å²) in [4.78, 5) is 14.0. The molecule has 0 atom stereocenters. The molecule has 1 fully saturated rings. The molecule has 1 amide bonds. The molecule has 2 aliphatic heterocycles. The highest BCUT2D eigenvalue weighted by molar-refractivity contribution is 5.78. The van der Waals surface area contributed by atoms with Gasteiger partial charge in [0.15, 0.2) is 18.1 Å². The lowest BCUT2D eigenvalue weighted by Gasteiger charge is -2.26. The number of nitrogens with two attached hydrogens (primary N) is 1. The van der Waals surface area contributed by atoms with Crippen molar-refractivity contribution >= 4 is 5.91 Å². The molecule has 0 spiro atoms. The van der Waals surface area contributed by atoms with E-state index in [0.717, 1.165) is 31.5 Å². The molecule has 6 nitrogen and oxygen atoms in total. The van der Waals surface area contributed by atoms with Crippen LogP contribution in [0, 0.1) is 0 Å². The van der Waals surface area contributed by atoms with E-state index < -0.39 is 0 Å². The smallest absolute Gasteiger partial charge is 0.260 e. The van der Waals surface area contributed by atoms with Crippen molar-refractivity contribution in [1.82, 2.24) is 4.90 Å². The van der Waals surface area contributed by atoms with Gasteiger partial charge < -0.3 is 24.8 Å². The molecule has 114 valence electrons. The fourth-order valence-corrected chi connectivity index (χ4v) is 2.63. The molecule has 2 heterocycles. The Kier molecular flexibility index (Phi) is 4.15. The number of fused-ring (bicyclic) bond motifs is 1. The third kappa shape index (κ3) is 3.05. The van der Waals surface area contributed by atoms with Gasteiger partial charge in [-0.3, -0.25) is 4.79 Å². The van der Waals surface area contributed by atoms with Gasteiger partial charge in [-0.2, -0.15) is 0 Å². The minimum absolute atomic E-state index is 0.0235. The zero-order valence-corrected chi connectivity index (χ0v) is 12.0. The Morgan fingerprint density at radius 2 is 1.90 bits per heavy atom. The molecule has 1 aromatic carbocycles. The van der Waals surface area contributed by atoms with E-state index in [1.807, 2.05) is 11.0 Å². The van der Waals surface area contributed by atoms with E-state index >= 15 is 0 Å². The van der Waals surface area contributed by atoms with Gasteiger partial charge in [-0.15, -0.1) is 0 Å². The molecule has 0 radical (unpaired) electrons. The maximum atomic E-state index is 12.1. The van der Waals surface area contributed by atoms with Gasteiger partial charge in [-0.05, 0) is 25.3 Å². The van der Waals surface area contributed by atoms with Crippen LogP contribution >= 0.6 is 0 Å². The van der Waals surface area contributed by atoms with Crippen molar-refractivity contribution in [2.24, 2.45) is 5.73 Å². The molecule has 2 aliphatic rings. The summed E-state index contributed by atoms with van der Waals surface area (Å²) < 4.78 is 16.3. The van der Waals surface area contributed by atoms with Crippen molar-refractivity contribution in [2.75, 3.05) is 26.5 Å². The predicted molar refractivity (Wildman–Crippen MR) is 76.4 cm³/mol. The van der Waals surface area contributed by atoms with E-state index in [4.69, 9.17) is 19.9 Å². The summed E-state index contributed by atoms with van der Waals surface area (Å²) in [6.45, 7) is 2.21. The number of hydrogen-bond acceptors (Lipinski definition) is 5. The highest BCUT2D eigenvalue weighted by atomic mass is 16.7. The van der Waals surface area contributed by atoms with Crippen LogP contribution in [-0.2, 0) is 11.3 Å². The number of hydrogen-bond donors (Lipinski definition) is 1. The quantitative estimate of drug-likeness (QED) is 0.904. The van der Waals surface area contributed by atoms with E-state index in [-0.39, 0.29) is 19.3 Å². The van der Waals surface area contributed by atoms with E-state index in [9.17, 15) is 4.79 Å². The van der Waals surface area contributed by atoms with Gasteiger partial charge >= 0.3 is 0 Å². The molecule has 1 aromatic rings. The van der Waals surface area contributed by atoms with Crippen LogP contribution in [0.1, 0.15) is 24.8 Å². The minimum Gasteiger partial charge on any atom is -0.483 e. The van der Waals surface area contributed by atoms with Gasteiger partial charge in [0.05, 0.1) is 0 Å². The Balaban J connectivity index is 1.65. The predicted octanol–water partition coefficient (Wildman–Crippen LogP) is 1.27. The van der Waals surface area contributed by atoms with Gasteiger partial charge in [0.1, 0.15) is 5.75 Å². The number of likely N-dealkylation sites (tertiary alicyclic amines) is 1. The van der Waals surface area contributed by atoms with Crippen LogP contribution in [0.25, 0.3) is 0 Å². The van der Waals surface area contributed by atoms with Crippen LogP contribution in [-0.4, -0.2) is 37.3 Å². The van der Waals surface area contributed by atoms with Crippen LogP contribution in [0.4, 0.5) is 0 Å². The van der Waals surface area contributed by atoms with Crippen molar-refractivity contribution in [3.8, 4) is 17.2 Å². The summed E-state index contributed by atoms with van der Waals surface area (Å²) in [5.41, 5.74) is 6.53. The van der Waals surface area contributed by atoms with E-state index in [1.54, 1.807) is 6.07 Å². The molecule has 1 saturated heterocycles. The summed E-state index contributed by atoms with van der Waals surface area (Å²) in [5.74, 6) is 1.92. The van der Waals surface area contributed by atoms with Crippen molar-refractivity contribution < 1.29 is 19.0 Å². The number of benzene rings is 1. The topological polar surface area (TPSA) is 74.0 Å². The molecular formula is C15H20N2O4. The van der Waals surface area contributed by atoms with Crippen molar-refractivity contribution in [3.05, 3.63) is 17.7 Å². The first-order valence-corrected chi connectivity index (χ1v) is 7.31. The van der Waals surface area contributed by atoms with Crippen LogP contribution in [0.15, 0.2) is 12.1 Å². The van der Waals surface area contributed by atoms with Gasteiger partial charge in [-0.25, -0.2) is 0 Å². The van der Waals surface area contributed by atoms with Crippen molar-refractivity contribution in [3.63, 3.8) is 0 Å². The molecule has 0 bridgehead atoms. The SMILES string of the molecule is NCc1cc2c(cc1OCC(=O)N1CCCCC1)OCO2. The first-order valence-electron chi connectivity index (χ1n) is 7.31. The zero-order valence-electron chi connectivity index (χ0n) is 12.0. The first-order chi connectivity index (χ1) is 10.3. The standard InChI is InChI=1S/C15H20N2O4/c16-8-11-6-13-14(21-10-20-13)7-12(11)19-9-15(18)17-4-2-1-3-5-17/h6-7H,1-5,8-10,16H2. The normalized spacial score (nSPS) is 16.9. The maximum Gasteiger partial charge on any atom is 0.260 e. The third-order valence-corrected chi connectivity index (χ3v) is 3.84. The summed E-state index contributed by atoms with van der Waals surface area (Å²) in [7, 11) is 0. The molecule has 2 N–H and O–H groups in total. The van der Waals surface area contributed by atoms with E-state index in [2.05, 4.69) is 0 Å². The fourth-order valence-electron chi connectivity index (χ4n) is 2.63. The van der Waals surface area contributed by atoms with E-state index in [1.165, 1.54) is 6.42 Å². The lowest BCUT2D eigenvalue weighted by molar-refractivity contribution is -0.134. The Hall–Kier alpha value is -1.95. The second-order valence-electron chi connectivity index (χ2n) is 5.25. The van der Waals surface area contributed by atoms with E-state index in [0.29, 0.717) is 23.8 Å². The number of ether oxygens (including phenoxy) is 3. The van der Waals surface area contributed by atoms with Crippen LogP contribution in [0.5, 0.6) is 17.2 Å². The van der Waals surface area contributed by atoms with Gasteiger partial charge in [0, 0.05) is 31.3 Å². The largest absolute Gasteiger partial charge is 0.483 e. The Morgan fingerprint density at radius 3 is 2.62 bits per heavy atom. The molecule has 0 unspecified atom stereocenters. The second kappa shape index (κ2) is 6.22. The number of carbonyl (C=O) groups excluding carboxylic acids is 1. The number of amides is 1. The maximum absolute atomic E-state index is 12.1.